The van der Waals surface area contributed by atoms with Gasteiger partial charge >= 0.3 is 12.2 Å². The highest BCUT2D eigenvalue weighted by atomic mass is 35.5. The Morgan fingerprint density at radius 2 is 1.88 bits per heavy atom. The number of fused-ring (bicyclic) bond motifs is 1. The lowest BCUT2D eigenvalue weighted by Crippen LogP contribution is -2.48. The van der Waals surface area contributed by atoms with Crippen LogP contribution >= 0.6 is 12.4 Å². The average Bonchev–Trinajstić information content (AvgIpc) is 3.50. The third-order valence-corrected chi connectivity index (χ3v) is 5.64. The smallest absolute Gasteiger partial charge is 0.419 e. The summed E-state index contributed by atoms with van der Waals surface area (Å²) in [4.78, 5) is 26.8. The molecular formula is C21H24ClF3N4O3. The Labute approximate surface area is 189 Å². The molecule has 2 aromatic heterocycles. The van der Waals surface area contributed by atoms with Gasteiger partial charge in [-0.15, -0.1) is 12.4 Å². The van der Waals surface area contributed by atoms with Gasteiger partial charge in [0.05, 0.1) is 18.2 Å². The number of aryl methyl sites for hydroxylation is 1. The van der Waals surface area contributed by atoms with Crippen LogP contribution in [0.3, 0.4) is 0 Å². The second-order valence-electron chi connectivity index (χ2n) is 7.90. The zero-order chi connectivity index (χ0) is 22.2. The van der Waals surface area contributed by atoms with Gasteiger partial charge in [0.25, 0.3) is 5.91 Å². The molecule has 1 amide bonds. The van der Waals surface area contributed by atoms with Crippen molar-refractivity contribution >= 4 is 18.3 Å². The minimum atomic E-state index is -4.51. The number of carbonyl (C=O) groups is 1. The topological polar surface area (TPSA) is 77.4 Å². The average molecular weight is 473 g/mol. The third kappa shape index (κ3) is 5.23. The number of nitrogens with zero attached hydrogens (tertiary/aromatic N) is 4. The SMILES string of the molecule is CCOc1ccc(C)nc1C(=O)N1C[C@@H]2C[C@@H]2C[C@H]1COc1ncc(C(F)(F)F)cn1.Cl. The summed E-state index contributed by atoms with van der Waals surface area (Å²) in [5.41, 5.74) is 0.0277. The summed E-state index contributed by atoms with van der Waals surface area (Å²) in [5.74, 6) is 1.19. The number of pyridine rings is 1. The first kappa shape index (κ1) is 24.0. The molecule has 7 nitrogen and oxygen atoms in total. The molecule has 1 saturated carbocycles. The van der Waals surface area contributed by atoms with Crippen molar-refractivity contribution in [2.24, 2.45) is 11.8 Å². The lowest BCUT2D eigenvalue weighted by atomic mass is 10.0. The van der Waals surface area contributed by atoms with Crippen molar-refractivity contribution in [2.75, 3.05) is 19.8 Å². The van der Waals surface area contributed by atoms with Gasteiger partial charge in [0, 0.05) is 24.6 Å². The molecule has 174 valence electrons. The van der Waals surface area contributed by atoms with Gasteiger partial charge in [-0.05, 0) is 50.7 Å². The number of hydrogen-bond donors (Lipinski definition) is 0. The van der Waals surface area contributed by atoms with Crippen LogP contribution in [0, 0.1) is 18.8 Å². The van der Waals surface area contributed by atoms with E-state index in [1.54, 1.807) is 17.0 Å². The molecule has 0 bridgehead atoms. The molecule has 0 spiro atoms. The van der Waals surface area contributed by atoms with Crippen LogP contribution in [0.4, 0.5) is 13.2 Å². The first-order valence-electron chi connectivity index (χ1n) is 10.2. The molecule has 2 fully saturated rings. The van der Waals surface area contributed by atoms with Crippen molar-refractivity contribution in [3.63, 3.8) is 0 Å². The van der Waals surface area contributed by atoms with Crippen molar-refractivity contribution in [1.82, 2.24) is 19.9 Å². The molecule has 0 unspecified atom stereocenters. The number of rotatable bonds is 6. The molecule has 4 rings (SSSR count). The van der Waals surface area contributed by atoms with E-state index < -0.39 is 11.7 Å². The van der Waals surface area contributed by atoms with E-state index in [1.165, 1.54) is 0 Å². The molecule has 0 N–H and O–H groups in total. The highest BCUT2D eigenvalue weighted by Gasteiger charge is 2.48. The highest BCUT2D eigenvalue weighted by molar-refractivity contribution is 5.95. The normalized spacial score (nSPS) is 21.9. The Kier molecular flexibility index (Phi) is 7.12. The Morgan fingerprint density at radius 1 is 1.16 bits per heavy atom. The zero-order valence-corrected chi connectivity index (χ0v) is 18.4. The van der Waals surface area contributed by atoms with E-state index in [2.05, 4.69) is 15.0 Å². The van der Waals surface area contributed by atoms with Crippen LogP contribution in [-0.4, -0.2) is 51.6 Å². The summed E-state index contributed by atoms with van der Waals surface area (Å²) in [6, 6.07) is 3.13. The Hall–Kier alpha value is -2.62. The fourth-order valence-corrected chi connectivity index (χ4v) is 3.92. The molecule has 32 heavy (non-hydrogen) atoms. The van der Waals surface area contributed by atoms with Gasteiger partial charge in [-0.25, -0.2) is 15.0 Å². The number of piperidine rings is 1. The van der Waals surface area contributed by atoms with Crippen LogP contribution in [0.2, 0.25) is 0 Å². The molecule has 1 saturated heterocycles. The number of amides is 1. The predicted octanol–water partition coefficient (Wildman–Crippen LogP) is 3.95. The Balaban J connectivity index is 0.00000289. The van der Waals surface area contributed by atoms with Gasteiger partial charge in [0.2, 0.25) is 0 Å². The molecule has 2 aliphatic rings. The molecule has 2 aromatic rings. The molecule has 0 radical (unpaired) electrons. The van der Waals surface area contributed by atoms with Crippen molar-refractivity contribution in [3.05, 3.63) is 41.5 Å². The lowest BCUT2D eigenvalue weighted by molar-refractivity contribution is -0.138. The standard InChI is InChI=1S/C21H23F3N4O3.ClH/c1-3-30-17-5-4-12(2)27-18(17)19(29)28-10-14-6-13(14)7-16(28)11-31-20-25-8-15(9-26-20)21(22,23)24;/h4-5,8-9,13-14,16H,3,6-7,10-11H2,1-2H3;1H/t13-,14+,16+;/m1./s1. The van der Waals surface area contributed by atoms with E-state index in [0.717, 1.165) is 12.8 Å². The first-order chi connectivity index (χ1) is 14.8. The maximum atomic E-state index is 13.4. The van der Waals surface area contributed by atoms with Gasteiger partial charge in [-0.2, -0.15) is 13.2 Å². The maximum absolute atomic E-state index is 13.4. The van der Waals surface area contributed by atoms with E-state index in [4.69, 9.17) is 9.47 Å². The fraction of sp³-hybridized carbons (Fsp3) is 0.524. The lowest BCUT2D eigenvalue weighted by Gasteiger charge is -2.35. The minimum Gasteiger partial charge on any atom is -0.491 e. The first-order valence-corrected chi connectivity index (χ1v) is 10.2. The van der Waals surface area contributed by atoms with Gasteiger partial charge in [0.1, 0.15) is 6.61 Å². The van der Waals surface area contributed by atoms with Gasteiger partial charge in [-0.1, -0.05) is 0 Å². The number of hydrogen-bond acceptors (Lipinski definition) is 6. The van der Waals surface area contributed by atoms with Crippen LogP contribution < -0.4 is 9.47 Å². The molecule has 1 aliphatic heterocycles. The number of likely N-dealkylation sites (tertiary alicyclic amines) is 1. The van der Waals surface area contributed by atoms with Crippen molar-refractivity contribution in [3.8, 4) is 11.8 Å². The molecular weight excluding hydrogens is 449 g/mol. The van der Waals surface area contributed by atoms with Crippen molar-refractivity contribution < 1.29 is 27.4 Å². The second-order valence-corrected chi connectivity index (χ2v) is 7.90. The number of aromatic nitrogens is 3. The Morgan fingerprint density at radius 3 is 2.53 bits per heavy atom. The van der Waals surface area contributed by atoms with Gasteiger partial charge in [-0.3, -0.25) is 4.79 Å². The number of ether oxygens (including phenoxy) is 2. The van der Waals surface area contributed by atoms with Gasteiger partial charge < -0.3 is 14.4 Å². The molecule has 3 atom stereocenters. The van der Waals surface area contributed by atoms with Gasteiger partial charge in [0.15, 0.2) is 11.4 Å². The quantitative estimate of drug-likeness (QED) is 0.633. The monoisotopic (exact) mass is 472 g/mol. The Bertz CT molecular complexity index is 958. The number of carbonyl (C=O) groups excluding carboxylic acids is 1. The highest BCUT2D eigenvalue weighted by Crippen LogP contribution is 2.47. The molecule has 0 aromatic carbocycles. The van der Waals surface area contributed by atoms with Crippen LogP contribution in [0.25, 0.3) is 0 Å². The molecule has 11 heteroatoms. The molecule has 1 aliphatic carbocycles. The largest absolute Gasteiger partial charge is 0.491 e. The van der Waals surface area contributed by atoms with E-state index in [1.807, 2.05) is 13.8 Å². The summed E-state index contributed by atoms with van der Waals surface area (Å²) >= 11 is 0. The second kappa shape index (κ2) is 9.48. The summed E-state index contributed by atoms with van der Waals surface area (Å²) in [5, 5.41) is 0. The van der Waals surface area contributed by atoms with E-state index in [9.17, 15) is 18.0 Å². The zero-order valence-electron chi connectivity index (χ0n) is 17.6. The van der Waals surface area contributed by atoms with E-state index in [0.29, 0.717) is 48.8 Å². The number of halogens is 4. The summed E-state index contributed by atoms with van der Waals surface area (Å²) in [7, 11) is 0. The number of alkyl halides is 3. The maximum Gasteiger partial charge on any atom is 0.419 e. The van der Waals surface area contributed by atoms with E-state index in [-0.39, 0.29) is 42.7 Å². The minimum absolute atomic E-state index is 0. The fourth-order valence-electron chi connectivity index (χ4n) is 3.92. The third-order valence-electron chi connectivity index (χ3n) is 5.64. The summed E-state index contributed by atoms with van der Waals surface area (Å²) in [6.07, 6.45) is -1.32. The van der Waals surface area contributed by atoms with E-state index >= 15 is 0 Å². The summed E-state index contributed by atoms with van der Waals surface area (Å²) in [6.45, 7) is 4.74. The predicted molar refractivity (Wildman–Crippen MR) is 111 cm³/mol. The molecule has 3 heterocycles. The van der Waals surface area contributed by atoms with Crippen molar-refractivity contribution in [2.45, 2.75) is 38.9 Å². The van der Waals surface area contributed by atoms with Crippen LogP contribution in [0.1, 0.15) is 41.5 Å². The van der Waals surface area contributed by atoms with Crippen molar-refractivity contribution in [1.29, 1.82) is 0 Å². The summed E-state index contributed by atoms with van der Waals surface area (Å²) < 4.78 is 49.2. The van der Waals surface area contributed by atoms with Crippen LogP contribution in [-0.2, 0) is 6.18 Å². The van der Waals surface area contributed by atoms with Crippen LogP contribution in [0.5, 0.6) is 11.8 Å². The van der Waals surface area contributed by atoms with Crippen LogP contribution in [0.15, 0.2) is 24.5 Å².